The Labute approximate surface area is 161 Å². The van der Waals surface area contributed by atoms with E-state index in [0.29, 0.717) is 20.5 Å². The molecule has 3 nitrogen and oxygen atoms in total. The van der Waals surface area contributed by atoms with Gasteiger partial charge in [-0.05, 0) is 48.7 Å². The minimum atomic E-state index is -0.251. The second-order valence-corrected chi connectivity index (χ2v) is 7.93. The number of amides is 1. The van der Waals surface area contributed by atoms with Crippen LogP contribution in [0.5, 0.6) is 0 Å². The first-order valence-corrected chi connectivity index (χ1v) is 9.73. The summed E-state index contributed by atoms with van der Waals surface area (Å²) in [6.45, 7) is 1.79. The Morgan fingerprint density at radius 1 is 1.08 bits per heavy atom. The summed E-state index contributed by atoms with van der Waals surface area (Å²) in [6.07, 6.45) is 3.91. The van der Waals surface area contributed by atoms with E-state index in [0.717, 1.165) is 31.6 Å². The van der Waals surface area contributed by atoms with Crippen LogP contribution in [-0.4, -0.2) is 23.3 Å². The lowest BCUT2D eigenvalue weighted by Crippen LogP contribution is -2.27. The SMILES string of the molecule is O=C1/C(=C\c2ccc(N3CCCC3)c(F)c2)SC(=S)N1c1ccccc1. The lowest BCUT2D eigenvalue weighted by atomic mass is 10.1. The molecule has 0 aliphatic carbocycles. The second kappa shape index (κ2) is 7.21. The maximum absolute atomic E-state index is 14.5. The van der Waals surface area contributed by atoms with Crippen molar-refractivity contribution in [1.29, 1.82) is 0 Å². The van der Waals surface area contributed by atoms with Crippen molar-refractivity contribution in [3.8, 4) is 0 Å². The average molecular weight is 385 g/mol. The van der Waals surface area contributed by atoms with E-state index in [9.17, 15) is 9.18 Å². The summed E-state index contributed by atoms with van der Waals surface area (Å²) >= 11 is 6.60. The lowest BCUT2D eigenvalue weighted by molar-refractivity contribution is -0.113. The van der Waals surface area contributed by atoms with Gasteiger partial charge in [0.1, 0.15) is 5.82 Å². The Hall–Kier alpha value is -2.18. The van der Waals surface area contributed by atoms with Gasteiger partial charge in [0.05, 0.1) is 16.3 Å². The third kappa shape index (κ3) is 3.27. The lowest BCUT2D eigenvalue weighted by Gasteiger charge is -2.18. The largest absolute Gasteiger partial charge is 0.369 e. The quantitative estimate of drug-likeness (QED) is 0.559. The monoisotopic (exact) mass is 384 g/mol. The smallest absolute Gasteiger partial charge is 0.270 e. The molecule has 0 unspecified atom stereocenters. The van der Waals surface area contributed by atoms with Crippen LogP contribution in [0.2, 0.25) is 0 Å². The number of para-hydroxylation sites is 1. The molecular weight excluding hydrogens is 367 g/mol. The average Bonchev–Trinajstić information content (AvgIpc) is 3.25. The second-order valence-electron chi connectivity index (χ2n) is 6.26. The van der Waals surface area contributed by atoms with Gasteiger partial charge in [0.25, 0.3) is 5.91 Å². The Bertz CT molecular complexity index is 892. The van der Waals surface area contributed by atoms with Crippen molar-refractivity contribution in [3.05, 3.63) is 64.8 Å². The number of hydrogen-bond donors (Lipinski definition) is 0. The van der Waals surface area contributed by atoms with Crippen LogP contribution >= 0.6 is 24.0 Å². The van der Waals surface area contributed by atoms with Crippen LogP contribution in [0.15, 0.2) is 53.4 Å². The van der Waals surface area contributed by atoms with E-state index in [2.05, 4.69) is 4.90 Å². The van der Waals surface area contributed by atoms with E-state index in [1.54, 1.807) is 12.1 Å². The third-order valence-corrected chi connectivity index (χ3v) is 5.83. The fourth-order valence-electron chi connectivity index (χ4n) is 3.25. The summed E-state index contributed by atoms with van der Waals surface area (Å²) in [6, 6.07) is 14.4. The number of thioether (sulfide) groups is 1. The Balaban J connectivity index is 1.59. The number of carbonyl (C=O) groups is 1. The van der Waals surface area contributed by atoms with Gasteiger partial charge in [0.15, 0.2) is 4.32 Å². The van der Waals surface area contributed by atoms with Gasteiger partial charge in [-0.15, -0.1) is 0 Å². The summed E-state index contributed by atoms with van der Waals surface area (Å²) in [4.78, 5) is 16.8. The van der Waals surface area contributed by atoms with Crippen LogP contribution in [0.1, 0.15) is 18.4 Å². The summed E-state index contributed by atoms with van der Waals surface area (Å²) in [5, 5.41) is 0. The van der Waals surface area contributed by atoms with Crippen molar-refractivity contribution in [2.24, 2.45) is 0 Å². The zero-order valence-corrected chi connectivity index (χ0v) is 15.7. The van der Waals surface area contributed by atoms with Crippen LogP contribution in [0.4, 0.5) is 15.8 Å². The first-order valence-electron chi connectivity index (χ1n) is 8.51. The van der Waals surface area contributed by atoms with Gasteiger partial charge in [0.2, 0.25) is 0 Å². The summed E-state index contributed by atoms with van der Waals surface area (Å²) in [5.41, 5.74) is 2.05. The van der Waals surface area contributed by atoms with Crippen LogP contribution in [-0.2, 0) is 4.79 Å². The van der Waals surface area contributed by atoms with Crippen molar-refractivity contribution in [2.45, 2.75) is 12.8 Å². The Morgan fingerprint density at radius 2 is 1.81 bits per heavy atom. The molecular formula is C20H17FN2OS2. The van der Waals surface area contributed by atoms with Crippen LogP contribution in [0.3, 0.4) is 0 Å². The molecule has 2 aromatic carbocycles. The molecule has 2 saturated heterocycles. The van der Waals surface area contributed by atoms with Gasteiger partial charge in [-0.1, -0.05) is 48.2 Å². The maximum Gasteiger partial charge on any atom is 0.270 e. The molecule has 0 saturated carbocycles. The fraction of sp³-hybridized carbons (Fsp3) is 0.200. The van der Waals surface area contributed by atoms with E-state index < -0.39 is 0 Å². The molecule has 0 N–H and O–H groups in total. The van der Waals surface area contributed by atoms with E-state index in [1.807, 2.05) is 36.4 Å². The highest BCUT2D eigenvalue weighted by atomic mass is 32.2. The molecule has 2 fully saturated rings. The highest BCUT2D eigenvalue weighted by Gasteiger charge is 2.33. The molecule has 4 rings (SSSR count). The molecule has 2 aliphatic rings. The standard InChI is InChI=1S/C20H17FN2OS2/c21-16-12-14(8-9-17(16)22-10-4-5-11-22)13-18-19(24)23(20(25)26-18)15-6-2-1-3-7-15/h1-3,6-9,12-13H,4-5,10-11H2/b18-13+. The molecule has 132 valence electrons. The number of halogens is 1. The fourth-order valence-corrected chi connectivity index (χ4v) is 4.55. The molecule has 26 heavy (non-hydrogen) atoms. The number of carbonyl (C=O) groups excluding carboxylic acids is 1. The number of hydrogen-bond acceptors (Lipinski definition) is 4. The number of benzene rings is 2. The number of nitrogens with zero attached hydrogens (tertiary/aromatic N) is 2. The highest BCUT2D eigenvalue weighted by molar-refractivity contribution is 8.27. The Morgan fingerprint density at radius 3 is 2.50 bits per heavy atom. The summed E-state index contributed by atoms with van der Waals surface area (Å²) < 4.78 is 15.0. The molecule has 0 spiro atoms. The number of anilines is 2. The molecule has 0 bridgehead atoms. The first kappa shape index (κ1) is 17.2. The molecule has 6 heteroatoms. The first-order chi connectivity index (χ1) is 12.6. The number of thiocarbonyl (C=S) groups is 1. The van der Waals surface area contributed by atoms with Gasteiger partial charge < -0.3 is 4.90 Å². The van der Waals surface area contributed by atoms with Crippen LogP contribution in [0, 0.1) is 5.82 Å². The molecule has 2 heterocycles. The molecule has 0 radical (unpaired) electrons. The highest BCUT2D eigenvalue weighted by Crippen LogP contribution is 2.36. The van der Waals surface area contributed by atoms with Crippen molar-refractivity contribution in [3.63, 3.8) is 0 Å². The molecule has 0 atom stereocenters. The van der Waals surface area contributed by atoms with Gasteiger partial charge in [-0.25, -0.2) is 4.39 Å². The van der Waals surface area contributed by atoms with Crippen LogP contribution < -0.4 is 9.80 Å². The zero-order valence-electron chi connectivity index (χ0n) is 14.0. The van der Waals surface area contributed by atoms with E-state index >= 15 is 0 Å². The van der Waals surface area contributed by atoms with Crippen molar-refractivity contribution >= 4 is 51.7 Å². The minimum absolute atomic E-state index is 0.171. The van der Waals surface area contributed by atoms with Gasteiger partial charge >= 0.3 is 0 Å². The van der Waals surface area contributed by atoms with Crippen molar-refractivity contribution < 1.29 is 9.18 Å². The third-order valence-electron chi connectivity index (χ3n) is 4.52. The predicted octanol–water partition coefficient (Wildman–Crippen LogP) is 4.83. The van der Waals surface area contributed by atoms with E-state index in [1.165, 1.54) is 22.7 Å². The molecule has 2 aromatic rings. The van der Waals surface area contributed by atoms with Gasteiger partial charge in [0, 0.05) is 13.1 Å². The Kier molecular flexibility index (Phi) is 4.78. The molecule has 2 aliphatic heterocycles. The summed E-state index contributed by atoms with van der Waals surface area (Å²) in [7, 11) is 0. The molecule has 0 aromatic heterocycles. The molecule has 1 amide bonds. The zero-order chi connectivity index (χ0) is 18.1. The minimum Gasteiger partial charge on any atom is -0.369 e. The maximum atomic E-state index is 14.5. The normalized spacial score (nSPS) is 19.0. The van der Waals surface area contributed by atoms with E-state index in [-0.39, 0.29) is 11.7 Å². The van der Waals surface area contributed by atoms with E-state index in [4.69, 9.17) is 12.2 Å². The van der Waals surface area contributed by atoms with Gasteiger partial charge in [-0.3, -0.25) is 9.69 Å². The topological polar surface area (TPSA) is 23.6 Å². The number of rotatable bonds is 3. The van der Waals surface area contributed by atoms with Crippen molar-refractivity contribution in [1.82, 2.24) is 0 Å². The van der Waals surface area contributed by atoms with Crippen LogP contribution in [0.25, 0.3) is 6.08 Å². The predicted molar refractivity (Wildman–Crippen MR) is 110 cm³/mol. The van der Waals surface area contributed by atoms with Gasteiger partial charge in [-0.2, -0.15) is 0 Å². The summed E-state index contributed by atoms with van der Waals surface area (Å²) in [5.74, 6) is -0.422. The van der Waals surface area contributed by atoms with Crippen molar-refractivity contribution in [2.75, 3.05) is 22.9 Å².